The Balaban J connectivity index is 1.61. The summed E-state index contributed by atoms with van der Waals surface area (Å²) < 4.78 is 15.4. The fourth-order valence-corrected chi connectivity index (χ4v) is 4.35. The van der Waals surface area contributed by atoms with Crippen molar-refractivity contribution in [3.05, 3.63) is 78.4 Å². The van der Waals surface area contributed by atoms with E-state index in [4.69, 9.17) is 0 Å². The highest BCUT2D eigenvalue weighted by molar-refractivity contribution is 8.00. The molecule has 1 aromatic heterocycles. The molecule has 0 radical (unpaired) electrons. The van der Waals surface area contributed by atoms with Crippen LogP contribution < -0.4 is 5.32 Å². The van der Waals surface area contributed by atoms with Crippen LogP contribution in [0.3, 0.4) is 0 Å². The molecule has 2 unspecified atom stereocenters. The second-order valence-corrected chi connectivity index (χ2v) is 9.38. The summed E-state index contributed by atoms with van der Waals surface area (Å²) in [6.07, 6.45) is 0. The van der Waals surface area contributed by atoms with E-state index in [0.29, 0.717) is 5.16 Å². The molecule has 0 spiro atoms. The highest BCUT2D eigenvalue weighted by atomic mass is 32.2. The zero-order valence-corrected chi connectivity index (χ0v) is 19.8. The van der Waals surface area contributed by atoms with Gasteiger partial charge in [-0.25, -0.2) is 4.39 Å². The Morgan fingerprint density at radius 2 is 1.70 bits per heavy atom. The molecule has 0 bridgehead atoms. The van der Waals surface area contributed by atoms with Crippen LogP contribution in [0, 0.1) is 5.82 Å². The van der Waals surface area contributed by atoms with Gasteiger partial charge >= 0.3 is 0 Å². The number of nitrogens with zero attached hydrogens (tertiary/aromatic N) is 4. The smallest absolute Gasteiger partial charge is 0.237 e. The van der Waals surface area contributed by atoms with Crippen LogP contribution in [0.4, 0.5) is 10.1 Å². The lowest BCUT2D eigenvalue weighted by Crippen LogP contribution is -2.23. The first-order valence-electron chi connectivity index (χ1n) is 10.7. The Hall–Kier alpha value is -3.23. The van der Waals surface area contributed by atoms with Crippen molar-refractivity contribution in [1.82, 2.24) is 19.7 Å². The number of hydrogen-bond acceptors (Lipinski definition) is 5. The summed E-state index contributed by atoms with van der Waals surface area (Å²) in [5.41, 5.74) is 1.52. The lowest BCUT2D eigenvalue weighted by molar-refractivity contribution is -0.115. The number of nitrogens with one attached hydrogen (secondary N) is 1. The van der Waals surface area contributed by atoms with Gasteiger partial charge in [-0.1, -0.05) is 48.2 Å². The largest absolute Gasteiger partial charge is 0.325 e. The van der Waals surface area contributed by atoms with Gasteiger partial charge in [0.25, 0.3) is 0 Å². The fraction of sp³-hybridized carbons (Fsp3) is 0.240. The Labute approximate surface area is 196 Å². The van der Waals surface area contributed by atoms with Crippen LogP contribution in [0.1, 0.15) is 25.7 Å². The van der Waals surface area contributed by atoms with E-state index in [2.05, 4.69) is 15.5 Å². The first-order valence-corrected chi connectivity index (χ1v) is 11.6. The summed E-state index contributed by atoms with van der Waals surface area (Å²) in [7, 11) is 3.92. The fourth-order valence-electron chi connectivity index (χ4n) is 3.47. The second kappa shape index (κ2) is 9.72. The van der Waals surface area contributed by atoms with E-state index in [1.54, 1.807) is 12.1 Å². The molecule has 8 heteroatoms. The van der Waals surface area contributed by atoms with Gasteiger partial charge in [-0.3, -0.25) is 14.3 Å². The van der Waals surface area contributed by atoms with Crippen LogP contribution in [0.2, 0.25) is 0 Å². The number of fused-ring (bicyclic) bond motifs is 1. The maximum atomic E-state index is 13.5. The molecule has 4 aromatic rings. The molecule has 33 heavy (non-hydrogen) atoms. The average molecular weight is 464 g/mol. The van der Waals surface area contributed by atoms with Gasteiger partial charge in [-0.05, 0) is 63.7 Å². The van der Waals surface area contributed by atoms with E-state index in [1.165, 1.54) is 23.9 Å². The number of rotatable bonds is 7. The maximum Gasteiger partial charge on any atom is 0.237 e. The topological polar surface area (TPSA) is 63.1 Å². The van der Waals surface area contributed by atoms with Crippen molar-refractivity contribution in [2.24, 2.45) is 0 Å². The molecule has 2 atom stereocenters. The number of carbonyl (C=O) groups excluding carboxylic acids is 1. The van der Waals surface area contributed by atoms with Crippen molar-refractivity contribution in [3.63, 3.8) is 0 Å². The number of amides is 1. The molecule has 3 aromatic carbocycles. The van der Waals surface area contributed by atoms with Crippen molar-refractivity contribution in [2.75, 3.05) is 19.4 Å². The second-order valence-electron chi connectivity index (χ2n) is 8.07. The van der Waals surface area contributed by atoms with E-state index >= 15 is 0 Å². The zero-order valence-electron chi connectivity index (χ0n) is 19.0. The zero-order chi connectivity index (χ0) is 23.5. The van der Waals surface area contributed by atoms with Crippen molar-refractivity contribution < 1.29 is 9.18 Å². The third-order valence-electron chi connectivity index (χ3n) is 5.59. The molecule has 0 saturated heterocycles. The minimum absolute atomic E-state index is 0.0308. The van der Waals surface area contributed by atoms with Crippen LogP contribution >= 0.6 is 11.8 Å². The van der Waals surface area contributed by atoms with Gasteiger partial charge in [-0.2, -0.15) is 0 Å². The minimum Gasteiger partial charge on any atom is -0.325 e. The molecule has 1 N–H and O–H groups in total. The molecule has 0 aliphatic heterocycles. The number of carbonyl (C=O) groups is 1. The molecule has 6 nitrogen and oxygen atoms in total. The van der Waals surface area contributed by atoms with Gasteiger partial charge in [0.15, 0.2) is 11.0 Å². The number of anilines is 1. The van der Waals surface area contributed by atoms with Crippen molar-refractivity contribution in [1.29, 1.82) is 0 Å². The van der Waals surface area contributed by atoms with Crippen molar-refractivity contribution in [2.45, 2.75) is 30.3 Å². The summed E-state index contributed by atoms with van der Waals surface area (Å²) in [4.78, 5) is 15.1. The third kappa shape index (κ3) is 4.91. The Morgan fingerprint density at radius 1 is 1.00 bits per heavy atom. The predicted molar refractivity (Wildman–Crippen MR) is 131 cm³/mol. The molecule has 0 saturated carbocycles. The molecule has 0 aliphatic rings. The molecule has 0 fully saturated rings. The summed E-state index contributed by atoms with van der Waals surface area (Å²) in [6.45, 7) is 3.86. The summed E-state index contributed by atoms with van der Waals surface area (Å²) in [6, 6.07) is 19.9. The number of halogens is 1. The van der Waals surface area contributed by atoms with Gasteiger partial charge in [0.2, 0.25) is 5.91 Å². The molecular formula is C25H26FN5OS. The molecular weight excluding hydrogens is 437 g/mol. The normalized spacial score (nSPS) is 13.3. The summed E-state index contributed by atoms with van der Waals surface area (Å²) >= 11 is 1.32. The standard InChI is InChI=1S/C25H26FN5OS/c1-16(30(3)4)23-28-29-25(31(23)20-14-12-19(26)13-15-20)33-17(2)24(32)27-22-11-7-9-18-8-5-6-10-21(18)22/h5-17H,1-4H3,(H,27,32). The van der Waals surface area contributed by atoms with E-state index < -0.39 is 5.25 Å². The molecule has 170 valence electrons. The third-order valence-corrected chi connectivity index (χ3v) is 6.63. The minimum atomic E-state index is -0.435. The van der Waals surface area contributed by atoms with E-state index in [0.717, 1.165) is 28.0 Å². The number of thioether (sulfide) groups is 1. The van der Waals surface area contributed by atoms with Crippen molar-refractivity contribution >= 4 is 34.1 Å². The lowest BCUT2D eigenvalue weighted by Gasteiger charge is -2.21. The Morgan fingerprint density at radius 3 is 2.42 bits per heavy atom. The molecule has 0 aliphatic carbocycles. The van der Waals surface area contributed by atoms with Gasteiger partial charge in [0.1, 0.15) is 5.82 Å². The van der Waals surface area contributed by atoms with Gasteiger partial charge in [-0.15, -0.1) is 10.2 Å². The number of aromatic nitrogens is 3. The SMILES string of the molecule is CC(Sc1nnc(C(C)N(C)C)n1-c1ccc(F)cc1)C(=O)Nc1cccc2ccccc12. The summed E-state index contributed by atoms with van der Waals surface area (Å²) in [5.74, 6) is 0.272. The predicted octanol–water partition coefficient (Wildman–Crippen LogP) is 5.30. The summed E-state index contributed by atoms with van der Waals surface area (Å²) in [5, 5.41) is 14.0. The average Bonchev–Trinajstić information content (AvgIpc) is 3.22. The highest BCUT2D eigenvalue weighted by Crippen LogP contribution is 2.30. The Kier molecular flexibility index (Phi) is 6.76. The number of benzene rings is 3. The molecule has 1 amide bonds. The van der Waals surface area contributed by atoms with Crippen LogP contribution in [-0.2, 0) is 4.79 Å². The van der Waals surface area contributed by atoms with Gasteiger partial charge in [0.05, 0.1) is 11.3 Å². The number of hydrogen-bond donors (Lipinski definition) is 1. The highest BCUT2D eigenvalue weighted by Gasteiger charge is 2.24. The van der Waals surface area contributed by atoms with Crippen LogP contribution in [0.15, 0.2) is 71.9 Å². The van der Waals surface area contributed by atoms with Gasteiger partial charge in [0, 0.05) is 16.8 Å². The van der Waals surface area contributed by atoms with Crippen LogP contribution in [-0.4, -0.2) is 44.9 Å². The van der Waals surface area contributed by atoms with E-state index in [-0.39, 0.29) is 17.8 Å². The van der Waals surface area contributed by atoms with E-state index in [1.807, 2.05) is 79.9 Å². The Bertz CT molecular complexity index is 1270. The molecule has 1 heterocycles. The van der Waals surface area contributed by atoms with Crippen molar-refractivity contribution in [3.8, 4) is 5.69 Å². The molecule has 4 rings (SSSR count). The lowest BCUT2D eigenvalue weighted by atomic mass is 10.1. The van der Waals surface area contributed by atoms with E-state index in [9.17, 15) is 9.18 Å². The van der Waals surface area contributed by atoms with Gasteiger partial charge < -0.3 is 5.32 Å². The monoisotopic (exact) mass is 463 g/mol. The maximum absolute atomic E-state index is 13.5. The van der Waals surface area contributed by atoms with Crippen LogP contribution in [0.25, 0.3) is 16.5 Å². The van der Waals surface area contributed by atoms with Crippen LogP contribution in [0.5, 0.6) is 0 Å². The quantitative estimate of drug-likeness (QED) is 0.377. The first-order chi connectivity index (χ1) is 15.8. The first kappa shape index (κ1) is 22.9.